The first kappa shape index (κ1) is 25.0. The summed E-state index contributed by atoms with van der Waals surface area (Å²) < 4.78 is 6.35. The molecule has 0 saturated carbocycles. The highest BCUT2D eigenvalue weighted by atomic mass is 16.5. The van der Waals surface area contributed by atoms with Crippen LogP contribution in [0.1, 0.15) is 34.2 Å². The smallest absolute Gasteiger partial charge is 0.345 e. The number of carbonyl (C=O) groups is 1. The Morgan fingerprint density at radius 1 is 1.11 bits per heavy atom. The summed E-state index contributed by atoms with van der Waals surface area (Å²) in [7, 11) is 0. The summed E-state index contributed by atoms with van der Waals surface area (Å²) in [5, 5.41) is 23.3. The summed E-state index contributed by atoms with van der Waals surface area (Å²) in [4.78, 5) is 35.7. The van der Waals surface area contributed by atoms with Gasteiger partial charge in [-0.25, -0.2) is 14.5 Å². The number of aliphatic hydroxyl groups is 2. The molecule has 0 saturated heterocycles. The fourth-order valence-electron chi connectivity index (χ4n) is 3.88. The number of aliphatic hydroxyl groups excluding tert-OH is 2. The molecule has 0 unspecified atom stereocenters. The highest BCUT2D eigenvalue weighted by molar-refractivity contribution is 6.54. The number of aryl methyl sites for hydroxylation is 1. The molecule has 0 aliphatic carbocycles. The molecule has 0 spiro atoms. The number of esters is 1. The van der Waals surface area contributed by atoms with E-state index < -0.39 is 11.5 Å². The molecule has 1 aliphatic heterocycles. The molecule has 0 radical (unpaired) electrons. The number of hydrogen-bond donors (Lipinski definition) is 2. The van der Waals surface area contributed by atoms with Crippen molar-refractivity contribution in [1.29, 1.82) is 0 Å². The zero-order chi connectivity index (χ0) is 25.7. The molecule has 0 bridgehead atoms. The summed E-state index contributed by atoms with van der Waals surface area (Å²) in [5.41, 5.74) is 3.09. The van der Waals surface area contributed by atoms with Gasteiger partial charge in [-0.2, -0.15) is 10.1 Å². The van der Waals surface area contributed by atoms with E-state index in [4.69, 9.17) is 9.73 Å². The molecular weight excluding hydrogens is 462 g/mol. The van der Waals surface area contributed by atoms with Gasteiger partial charge in [-0.1, -0.05) is 30.3 Å². The second-order valence-corrected chi connectivity index (χ2v) is 8.03. The van der Waals surface area contributed by atoms with E-state index in [0.717, 1.165) is 16.8 Å². The molecule has 0 atom stereocenters. The lowest BCUT2D eigenvalue weighted by Crippen LogP contribution is -2.29. The zero-order valence-electron chi connectivity index (χ0n) is 20.1. The summed E-state index contributed by atoms with van der Waals surface area (Å²) in [6.45, 7) is 4.40. The van der Waals surface area contributed by atoms with Gasteiger partial charge in [0.2, 0.25) is 0 Å². The van der Waals surface area contributed by atoms with Gasteiger partial charge in [-0.15, -0.1) is 0 Å². The average molecular weight is 490 g/mol. The molecule has 36 heavy (non-hydrogen) atoms. The van der Waals surface area contributed by atoms with E-state index in [1.807, 2.05) is 60.4 Å². The van der Waals surface area contributed by atoms with Crippen LogP contribution < -0.4 is 10.5 Å². The fourth-order valence-corrected chi connectivity index (χ4v) is 3.88. The van der Waals surface area contributed by atoms with Gasteiger partial charge in [-0.3, -0.25) is 4.79 Å². The Labute approximate surface area is 207 Å². The fraction of sp³-hybridized carbons (Fsp3) is 0.269. The summed E-state index contributed by atoms with van der Waals surface area (Å²) in [6.07, 6.45) is 1.33. The lowest BCUT2D eigenvalue weighted by molar-refractivity contribution is 0.0523. The Morgan fingerprint density at radius 2 is 1.83 bits per heavy atom. The lowest BCUT2D eigenvalue weighted by atomic mass is 10.1. The molecule has 1 aromatic heterocycles. The van der Waals surface area contributed by atoms with E-state index in [0.29, 0.717) is 30.2 Å². The maximum atomic E-state index is 12.7. The molecule has 0 fully saturated rings. The number of rotatable bonds is 9. The highest BCUT2D eigenvalue weighted by Crippen LogP contribution is 2.27. The Morgan fingerprint density at radius 3 is 2.47 bits per heavy atom. The predicted molar refractivity (Wildman–Crippen MR) is 137 cm³/mol. The first-order valence-electron chi connectivity index (χ1n) is 11.6. The molecule has 10 heteroatoms. The van der Waals surface area contributed by atoms with Crippen molar-refractivity contribution in [2.45, 2.75) is 13.8 Å². The number of hydrogen-bond acceptors (Lipinski definition) is 9. The van der Waals surface area contributed by atoms with Crippen LogP contribution in [0.4, 0.5) is 11.4 Å². The van der Waals surface area contributed by atoms with Crippen LogP contribution in [-0.4, -0.2) is 70.2 Å². The average Bonchev–Trinajstić information content (AvgIpc) is 3.22. The van der Waals surface area contributed by atoms with Crippen molar-refractivity contribution in [3.8, 4) is 0 Å². The number of ether oxygens (including phenoxy) is 1. The van der Waals surface area contributed by atoms with Gasteiger partial charge < -0.3 is 19.8 Å². The van der Waals surface area contributed by atoms with Crippen molar-refractivity contribution in [3.05, 3.63) is 87.6 Å². The Balaban J connectivity index is 1.81. The van der Waals surface area contributed by atoms with Gasteiger partial charge in [0, 0.05) is 24.3 Å². The third kappa shape index (κ3) is 5.09. The van der Waals surface area contributed by atoms with Gasteiger partial charge in [0.25, 0.3) is 5.56 Å². The van der Waals surface area contributed by atoms with Crippen molar-refractivity contribution in [1.82, 2.24) is 9.66 Å². The van der Waals surface area contributed by atoms with E-state index in [-0.39, 0.29) is 31.2 Å². The van der Waals surface area contributed by atoms with Gasteiger partial charge in [0.05, 0.1) is 31.7 Å². The summed E-state index contributed by atoms with van der Waals surface area (Å²) in [5.74, 6) is -0.536. The van der Waals surface area contributed by atoms with Crippen LogP contribution in [0.5, 0.6) is 0 Å². The van der Waals surface area contributed by atoms with E-state index in [1.54, 1.807) is 6.92 Å². The molecule has 4 rings (SSSR count). The Hall–Kier alpha value is -4.15. The maximum Gasteiger partial charge on any atom is 0.345 e. The Kier molecular flexibility index (Phi) is 7.67. The standard InChI is InChI=1S/C26H27N5O5/c1-3-36-26(35)20-16-31-24(28-25(20)34)23(22(29-31)18-7-5-4-6-8-18)27-21-10-9-19(15-17(21)2)30(11-13-32)12-14-33/h4-10,15-16,32-33H,3,11-14H2,1-2H3. The quantitative estimate of drug-likeness (QED) is 0.439. The van der Waals surface area contributed by atoms with Crippen molar-refractivity contribution >= 4 is 28.8 Å². The number of aliphatic imine (C=N–C) groups is 1. The van der Waals surface area contributed by atoms with Crippen LogP contribution in [-0.2, 0) is 4.74 Å². The zero-order valence-corrected chi connectivity index (χ0v) is 20.1. The second kappa shape index (κ2) is 11.1. The maximum absolute atomic E-state index is 12.7. The largest absolute Gasteiger partial charge is 0.462 e. The van der Waals surface area contributed by atoms with Crippen LogP contribution in [0.15, 0.2) is 69.6 Å². The minimum absolute atomic E-state index is 0.0367. The number of carbonyl (C=O) groups excluding carboxylic acids is 1. The van der Waals surface area contributed by atoms with Crippen molar-refractivity contribution < 1.29 is 19.7 Å². The van der Waals surface area contributed by atoms with Crippen LogP contribution in [0.25, 0.3) is 0 Å². The lowest BCUT2D eigenvalue weighted by Gasteiger charge is -2.23. The van der Waals surface area contributed by atoms with Crippen LogP contribution in [0.2, 0.25) is 0 Å². The summed E-state index contributed by atoms with van der Waals surface area (Å²) in [6, 6.07) is 15.0. The van der Waals surface area contributed by atoms with Gasteiger partial charge in [0.15, 0.2) is 5.82 Å². The molecule has 2 N–H and O–H groups in total. The van der Waals surface area contributed by atoms with E-state index >= 15 is 0 Å². The van der Waals surface area contributed by atoms with Crippen LogP contribution in [0.3, 0.4) is 0 Å². The molecule has 0 amide bonds. The number of anilines is 1. The third-order valence-electron chi connectivity index (χ3n) is 5.61. The SMILES string of the molecule is CCOC(=O)c1cn2c(nc1=O)C(=Nc1ccc(N(CCO)CCO)cc1C)C(c1ccccc1)=N2. The molecule has 10 nitrogen and oxygen atoms in total. The Bertz CT molecular complexity index is 1380. The molecule has 3 aromatic rings. The molecule has 186 valence electrons. The summed E-state index contributed by atoms with van der Waals surface area (Å²) >= 11 is 0. The third-order valence-corrected chi connectivity index (χ3v) is 5.61. The molecule has 2 aromatic carbocycles. The minimum atomic E-state index is -0.756. The van der Waals surface area contributed by atoms with Gasteiger partial charge in [-0.05, 0) is 37.6 Å². The van der Waals surface area contributed by atoms with Gasteiger partial charge >= 0.3 is 5.97 Å². The van der Waals surface area contributed by atoms with Crippen LogP contribution in [0, 0.1) is 6.92 Å². The van der Waals surface area contributed by atoms with Crippen molar-refractivity contribution in [2.24, 2.45) is 10.1 Å². The molecule has 1 aliphatic rings. The predicted octanol–water partition coefficient (Wildman–Crippen LogP) is 1.91. The number of fused-ring (bicyclic) bond motifs is 1. The topological polar surface area (TPSA) is 130 Å². The number of aromatic nitrogens is 2. The van der Waals surface area contributed by atoms with E-state index in [9.17, 15) is 19.8 Å². The van der Waals surface area contributed by atoms with Crippen molar-refractivity contribution in [3.63, 3.8) is 0 Å². The molecular formula is C26H27N5O5. The normalized spacial score (nSPS) is 13.4. The molecule has 2 heterocycles. The number of benzene rings is 2. The number of nitrogens with zero attached hydrogens (tertiary/aromatic N) is 5. The van der Waals surface area contributed by atoms with Crippen molar-refractivity contribution in [2.75, 3.05) is 37.8 Å². The van der Waals surface area contributed by atoms with Crippen LogP contribution >= 0.6 is 0 Å². The second-order valence-electron chi connectivity index (χ2n) is 8.03. The first-order valence-corrected chi connectivity index (χ1v) is 11.6. The first-order chi connectivity index (χ1) is 17.5. The minimum Gasteiger partial charge on any atom is -0.462 e. The monoisotopic (exact) mass is 489 g/mol. The van der Waals surface area contributed by atoms with Gasteiger partial charge in [0.1, 0.15) is 17.0 Å². The highest BCUT2D eigenvalue weighted by Gasteiger charge is 2.28. The van der Waals surface area contributed by atoms with E-state index in [2.05, 4.69) is 10.1 Å². The van der Waals surface area contributed by atoms with E-state index in [1.165, 1.54) is 10.9 Å².